The number of carbonyl (C=O) groups excluding carboxylic acids is 2. The van der Waals surface area contributed by atoms with E-state index in [9.17, 15) is 9.59 Å². The number of likely N-dealkylation sites (tertiary alicyclic amines) is 1. The summed E-state index contributed by atoms with van der Waals surface area (Å²) in [5, 5.41) is 0. The van der Waals surface area contributed by atoms with Gasteiger partial charge in [0.1, 0.15) is 5.75 Å². The molecule has 0 aromatic heterocycles. The Balaban J connectivity index is 2.05. The smallest absolute Gasteiger partial charge is 0.242 e. The summed E-state index contributed by atoms with van der Waals surface area (Å²) in [6.07, 6.45) is 3.54. The maximum Gasteiger partial charge on any atom is 0.242 e. The van der Waals surface area contributed by atoms with Crippen molar-refractivity contribution >= 4 is 17.5 Å². The molecule has 0 saturated carbocycles. The van der Waals surface area contributed by atoms with Crippen molar-refractivity contribution in [2.45, 2.75) is 25.7 Å². The largest absolute Gasteiger partial charge is 0.497 e. The zero-order chi connectivity index (χ0) is 16.7. The molecule has 1 heterocycles. The average molecular weight is 319 g/mol. The highest BCUT2D eigenvalue weighted by atomic mass is 16.5. The van der Waals surface area contributed by atoms with Gasteiger partial charge in [-0.3, -0.25) is 9.59 Å². The van der Waals surface area contributed by atoms with Gasteiger partial charge >= 0.3 is 0 Å². The van der Waals surface area contributed by atoms with Crippen LogP contribution in [0.25, 0.3) is 0 Å². The Kier molecular flexibility index (Phi) is 6.26. The molecule has 6 heteroatoms. The Morgan fingerprint density at radius 1 is 1.17 bits per heavy atom. The summed E-state index contributed by atoms with van der Waals surface area (Å²) in [7, 11) is 1.61. The second-order valence-corrected chi connectivity index (χ2v) is 5.78. The lowest BCUT2D eigenvalue weighted by Crippen LogP contribution is -2.43. The molecule has 0 unspecified atom stereocenters. The van der Waals surface area contributed by atoms with E-state index < -0.39 is 0 Å². The number of primary amides is 1. The van der Waals surface area contributed by atoms with Gasteiger partial charge in [0.25, 0.3) is 0 Å². The molecule has 126 valence electrons. The molecule has 1 aliphatic heterocycles. The second kappa shape index (κ2) is 8.41. The van der Waals surface area contributed by atoms with Crippen molar-refractivity contribution in [1.29, 1.82) is 0 Å². The second-order valence-electron chi connectivity index (χ2n) is 5.78. The summed E-state index contributed by atoms with van der Waals surface area (Å²) >= 11 is 0. The number of benzene rings is 1. The number of rotatable bonds is 7. The maximum absolute atomic E-state index is 12.5. The molecule has 23 heavy (non-hydrogen) atoms. The first kappa shape index (κ1) is 17.1. The van der Waals surface area contributed by atoms with Crippen molar-refractivity contribution in [3.05, 3.63) is 24.3 Å². The number of nitrogens with zero attached hydrogens (tertiary/aromatic N) is 2. The number of amides is 2. The van der Waals surface area contributed by atoms with Gasteiger partial charge in [0, 0.05) is 31.7 Å². The Labute approximate surface area is 137 Å². The molecule has 1 aromatic carbocycles. The van der Waals surface area contributed by atoms with Gasteiger partial charge in [0.2, 0.25) is 11.8 Å². The molecule has 1 aliphatic rings. The zero-order valence-corrected chi connectivity index (χ0v) is 13.7. The standard InChI is InChI=1S/C17H25N3O3/c1-23-15-7-5-14(6-8-15)20(12-9-16(18)21)13-17(22)19-10-3-2-4-11-19/h5-8H,2-4,9-13H2,1H3,(H2,18,21). The molecular weight excluding hydrogens is 294 g/mol. The summed E-state index contributed by atoms with van der Waals surface area (Å²) < 4.78 is 5.16. The van der Waals surface area contributed by atoms with Gasteiger partial charge in [-0.05, 0) is 43.5 Å². The average Bonchev–Trinajstić information content (AvgIpc) is 2.59. The molecule has 2 amide bonds. The number of methoxy groups -OCH3 is 1. The van der Waals surface area contributed by atoms with Crippen LogP contribution < -0.4 is 15.4 Å². The monoisotopic (exact) mass is 319 g/mol. The predicted octanol–water partition coefficient (Wildman–Crippen LogP) is 1.39. The minimum atomic E-state index is -0.367. The van der Waals surface area contributed by atoms with E-state index in [-0.39, 0.29) is 24.8 Å². The fourth-order valence-electron chi connectivity index (χ4n) is 2.74. The van der Waals surface area contributed by atoms with E-state index in [1.165, 1.54) is 6.42 Å². The topological polar surface area (TPSA) is 75.9 Å². The van der Waals surface area contributed by atoms with E-state index in [2.05, 4.69) is 0 Å². The minimum Gasteiger partial charge on any atom is -0.497 e. The van der Waals surface area contributed by atoms with Gasteiger partial charge in [-0.2, -0.15) is 0 Å². The van der Waals surface area contributed by atoms with E-state index in [4.69, 9.17) is 10.5 Å². The van der Waals surface area contributed by atoms with E-state index >= 15 is 0 Å². The molecule has 0 aliphatic carbocycles. The molecule has 6 nitrogen and oxygen atoms in total. The first-order valence-electron chi connectivity index (χ1n) is 8.05. The van der Waals surface area contributed by atoms with Crippen molar-refractivity contribution in [2.24, 2.45) is 5.73 Å². The highest BCUT2D eigenvalue weighted by Gasteiger charge is 2.20. The predicted molar refractivity (Wildman–Crippen MR) is 89.4 cm³/mol. The SMILES string of the molecule is COc1ccc(N(CCC(N)=O)CC(=O)N2CCCCC2)cc1. The highest BCUT2D eigenvalue weighted by molar-refractivity contribution is 5.82. The Morgan fingerprint density at radius 3 is 2.39 bits per heavy atom. The molecule has 0 bridgehead atoms. The van der Waals surface area contributed by atoms with Crippen LogP contribution in [0.5, 0.6) is 5.75 Å². The highest BCUT2D eigenvalue weighted by Crippen LogP contribution is 2.20. The van der Waals surface area contributed by atoms with Crippen molar-refractivity contribution in [2.75, 3.05) is 38.2 Å². The third-order valence-electron chi connectivity index (χ3n) is 4.10. The maximum atomic E-state index is 12.5. The molecule has 1 fully saturated rings. The Hall–Kier alpha value is -2.24. The van der Waals surface area contributed by atoms with Gasteiger partial charge in [0.15, 0.2) is 0 Å². The lowest BCUT2D eigenvalue weighted by molar-refractivity contribution is -0.130. The number of ether oxygens (including phenoxy) is 1. The van der Waals surface area contributed by atoms with Crippen LogP contribution in [0.15, 0.2) is 24.3 Å². The van der Waals surface area contributed by atoms with Crippen molar-refractivity contribution in [3.8, 4) is 5.75 Å². The number of carbonyl (C=O) groups is 2. The summed E-state index contributed by atoms with van der Waals surface area (Å²) in [5.74, 6) is 0.491. The first-order chi connectivity index (χ1) is 11.1. The lowest BCUT2D eigenvalue weighted by Gasteiger charge is -2.31. The van der Waals surface area contributed by atoms with Crippen LogP contribution in [0.4, 0.5) is 5.69 Å². The van der Waals surface area contributed by atoms with Crippen LogP contribution in [0.3, 0.4) is 0 Å². The van der Waals surface area contributed by atoms with Gasteiger partial charge in [-0.1, -0.05) is 0 Å². The lowest BCUT2D eigenvalue weighted by atomic mass is 10.1. The Morgan fingerprint density at radius 2 is 1.83 bits per heavy atom. The molecule has 0 radical (unpaired) electrons. The summed E-state index contributed by atoms with van der Waals surface area (Å²) in [5.41, 5.74) is 6.14. The molecular formula is C17H25N3O3. The Bertz CT molecular complexity index is 524. The normalized spacial score (nSPS) is 14.4. The van der Waals surface area contributed by atoms with Gasteiger partial charge < -0.3 is 20.3 Å². The van der Waals surface area contributed by atoms with Crippen LogP contribution in [0, 0.1) is 0 Å². The van der Waals surface area contributed by atoms with Crippen LogP contribution in [0.2, 0.25) is 0 Å². The van der Waals surface area contributed by atoms with Crippen LogP contribution in [0.1, 0.15) is 25.7 Å². The number of nitrogens with two attached hydrogens (primary N) is 1. The zero-order valence-electron chi connectivity index (χ0n) is 13.7. The van der Waals surface area contributed by atoms with Crippen LogP contribution in [-0.2, 0) is 9.59 Å². The fourth-order valence-corrected chi connectivity index (χ4v) is 2.74. The van der Waals surface area contributed by atoms with Crippen molar-refractivity contribution in [3.63, 3.8) is 0 Å². The number of anilines is 1. The minimum absolute atomic E-state index is 0.102. The number of piperidine rings is 1. The van der Waals surface area contributed by atoms with E-state index in [1.54, 1.807) is 7.11 Å². The third-order valence-corrected chi connectivity index (χ3v) is 4.10. The van der Waals surface area contributed by atoms with Crippen molar-refractivity contribution < 1.29 is 14.3 Å². The van der Waals surface area contributed by atoms with Gasteiger partial charge in [-0.15, -0.1) is 0 Å². The molecule has 0 spiro atoms. The number of hydrogen-bond donors (Lipinski definition) is 1. The number of hydrogen-bond acceptors (Lipinski definition) is 4. The third kappa shape index (κ3) is 5.16. The summed E-state index contributed by atoms with van der Waals surface area (Å²) in [4.78, 5) is 27.4. The summed E-state index contributed by atoms with van der Waals surface area (Å²) in [6.45, 7) is 2.34. The van der Waals surface area contributed by atoms with Gasteiger partial charge in [-0.25, -0.2) is 0 Å². The van der Waals surface area contributed by atoms with E-state index in [1.807, 2.05) is 34.1 Å². The molecule has 2 rings (SSSR count). The van der Waals surface area contributed by atoms with Crippen LogP contribution in [-0.4, -0.2) is 50.0 Å². The molecule has 2 N–H and O–H groups in total. The molecule has 0 atom stereocenters. The molecule has 1 saturated heterocycles. The first-order valence-corrected chi connectivity index (χ1v) is 8.05. The van der Waals surface area contributed by atoms with Crippen molar-refractivity contribution in [1.82, 2.24) is 4.90 Å². The van der Waals surface area contributed by atoms with Crippen LogP contribution >= 0.6 is 0 Å². The van der Waals surface area contributed by atoms with E-state index in [0.29, 0.717) is 6.54 Å². The van der Waals surface area contributed by atoms with Gasteiger partial charge in [0.05, 0.1) is 13.7 Å². The quantitative estimate of drug-likeness (QED) is 0.824. The van der Waals surface area contributed by atoms with E-state index in [0.717, 1.165) is 37.4 Å². The molecule has 1 aromatic rings. The summed E-state index contributed by atoms with van der Waals surface area (Å²) in [6, 6.07) is 7.47. The fraction of sp³-hybridized carbons (Fsp3) is 0.529.